The standard InChI is InChI=1S/C11H16N2/c1-3-11(4-2)12-9-7-5-6-8-10(9)13-11/h5-8,12-13H,3-4H2,1-2H3. The van der Waals surface area contributed by atoms with Gasteiger partial charge in [0.1, 0.15) is 5.66 Å². The second-order valence-corrected chi connectivity index (χ2v) is 3.58. The number of benzene rings is 1. The summed E-state index contributed by atoms with van der Waals surface area (Å²) < 4.78 is 0. The van der Waals surface area contributed by atoms with E-state index in [2.05, 4.69) is 48.7 Å². The molecule has 1 aromatic rings. The SMILES string of the molecule is CCC1(CC)Nc2ccccc2N1. The van der Waals surface area contributed by atoms with Gasteiger partial charge in [-0.1, -0.05) is 26.0 Å². The maximum atomic E-state index is 3.54. The van der Waals surface area contributed by atoms with Gasteiger partial charge in [-0.2, -0.15) is 0 Å². The quantitative estimate of drug-likeness (QED) is 0.723. The predicted molar refractivity (Wildman–Crippen MR) is 57.0 cm³/mol. The molecule has 0 bridgehead atoms. The summed E-state index contributed by atoms with van der Waals surface area (Å²) in [7, 11) is 0. The molecule has 2 heteroatoms. The second-order valence-electron chi connectivity index (χ2n) is 3.58. The van der Waals surface area contributed by atoms with Crippen molar-refractivity contribution in [2.24, 2.45) is 0 Å². The van der Waals surface area contributed by atoms with Crippen molar-refractivity contribution in [2.45, 2.75) is 32.4 Å². The Labute approximate surface area is 79.4 Å². The Morgan fingerprint density at radius 2 is 1.46 bits per heavy atom. The highest BCUT2D eigenvalue weighted by molar-refractivity contribution is 5.75. The van der Waals surface area contributed by atoms with Gasteiger partial charge in [0.2, 0.25) is 0 Å². The highest BCUT2D eigenvalue weighted by atomic mass is 15.3. The largest absolute Gasteiger partial charge is 0.361 e. The van der Waals surface area contributed by atoms with E-state index in [1.807, 2.05) is 0 Å². The lowest BCUT2D eigenvalue weighted by molar-refractivity contribution is 0.507. The zero-order valence-corrected chi connectivity index (χ0v) is 8.22. The Balaban J connectivity index is 2.30. The molecule has 0 atom stereocenters. The van der Waals surface area contributed by atoms with Gasteiger partial charge in [-0.25, -0.2) is 0 Å². The van der Waals surface area contributed by atoms with Gasteiger partial charge in [0, 0.05) is 0 Å². The summed E-state index contributed by atoms with van der Waals surface area (Å²) in [5, 5.41) is 7.07. The van der Waals surface area contributed by atoms with Crippen LogP contribution in [0.5, 0.6) is 0 Å². The second kappa shape index (κ2) is 2.95. The Morgan fingerprint density at radius 1 is 1.00 bits per heavy atom. The first-order valence-corrected chi connectivity index (χ1v) is 4.95. The molecule has 13 heavy (non-hydrogen) atoms. The molecule has 0 aromatic heterocycles. The molecule has 0 spiro atoms. The average Bonchev–Trinajstić information content (AvgIpc) is 2.57. The van der Waals surface area contributed by atoms with Crippen molar-refractivity contribution in [3.05, 3.63) is 24.3 Å². The highest BCUT2D eigenvalue weighted by Gasteiger charge is 2.31. The normalized spacial score (nSPS) is 17.4. The van der Waals surface area contributed by atoms with Gasteiger partial charge < -0.3 is 10.6 Å². The van der Waals surface area contributed by atoms with E-state index >= 15 is 0 Å². The summed E-state index contributed by atoms with van der Waals surface area (Å²) in [5.41, 5.74) is 2.54. The molecule has 70 valence electrons. The summed E-state index contributed by atoms with van der Waals surface area (Å²) >= 11 is 0. The van der Waals surface area contributed by atoms with E-state index in [0.717, 1.165) is 12.8 Å². The molecule has 0 saturated heterocycles. The van der Waals surface area contributed by atoms with E-state index in [9.17, 15) is 0 Å². The van der Waals surface area contributed by atoms with E-state index in [-0.39, 0.29) is 5.66 Å². The predicted octanol–water partition coefficient (Wildman–Crippen LogP) is 3.04. The van der Waals surface area contributed by atoms with Crippen LogP contribution >= 0.6 is 0 Å². The van der Waals surface area contributed by atoms with Crippen molar-refractivity contribution < 1.29 is 0 Å². The molecule has 0 fully saturated rings. The first kappa shape index (κ1) is 8.42. The molecule has 1 aromatic carbocycles. The van der Waals surface area contributed by atoms with Gasteiger partial charge in [-0.15, -0.1) is 0 Å². The fourth-order valence-corrected chi connectivity index (χ4v) is 1.85. The molecule has 2 rings (SSSR count). The van der Waals surface area contributed by atoms with Crippen LogP contribution in [0.2, 0.25) is 0 Å². The Kier molecular flexibility index (Phi) is 1.91. The number of para-hydroxylation sites is 2. The van der Waals surface area contributed by atoms with Crippen molar-refractivity contribution in [2.75, 3.05) is 10.6 Å². The lowest BCUT2D eigenvalue weighted by Crippen LogP contribution is -2.40. The molecule has 0 radical (unpaired) electrons. The van der Waals surface area contributed by atoms with Gasteiger partial charge in [-0.05, 0) is 25.0 Å². The third-order valence-corrected chi connectivity index (χ3v) is 2.88. The number of rotatable bonds is 2. The first-order valence-electron chi connectivity index (χ1n) is 4.95. The van der Waals surface area contributed by atoms with Crippen LogP contribution in [0.25, 0.3) is 0 Å². The van der Waals surface area contributed by atoms with Gasteiger partial charge >= 0.3 is 0 Å². The minimum absolute atomic E-state index is 0.0870. The zero-order valence-electron chi connectivity index (χ0n) is 8.22. The molecule has 0 unspecified atom stereocenters. The molecule has 2 nitrogen and oxygen atoms in total. The summed E-state index contributed by atoms with van der Waals surface area (Å²) in [5.74, 6) is 0. The third kappa shape index (κ3) is 1.26. The van der Waals surface area contributed by atoms with Gasteiger partial charge in [0.15, 0.2) is 0 Å². The van der Waals surface area contributed by atoms with Crippen LogP contribution in [-0.2, 0) is 0 Å². The van der Waals surface area contributed by atoms with Crippen molar-refractivity contribution in [1.29, 1.82) is 0 Å². The first-order chi connectivity index (χ1) is 6.29. The fraction of sp³-hybridized carbons (Fsp3) is 0.455. The molecule has 1 heterocycles. The van der Waals surface area contributed by atoms with Crippen LogP contribution in [0, 0.1) is 0 Å². The van der Waals surface area contributed by atoms with Gasteiger partial charge in [-0.3, -0.25) is 0 Å². The van der Waals surface area contributed by atoms with Crippen LogP contribution in [0.4, 0.5) is 11.4 Å². The summed E-state index contributed by atoms with van der Waals surface area (Å²) in [6, 6.07) is 8.37. The summed E-state index contributed by atoms with van der Waals surface area (Å²) in [6.45, 7) is 4.41. The average molecular weight is 176 g/mol. The van der Waals surface area contributed by atoms with Gasteiger partial charge in [0.25, 0.3) is 0 Å². The molecular formula is C11H16N2. The third-order valence-electron chi connectivity index (χ3n) is 2.88. The maximum Gasteiger partial charge on any atom is 0.107 e. The van der Waals surface area contributed by atoms with Crippen molar-refractivity contribution in [3.63, 3.8) is 0 Å². The molecule has 1 aliphatic rings. The number of fused-ring (bicyclic) bond motifs is 1. The van der Waals surface area contributed by atoms with Crippen molar-refractivity contribution in [3.8, 4) is 0 Å². The van der Waals surface area contributed by atoms with E-state index in [1.54, 1.807) is 0 Å². The number of hydrogen-bond acceptors (Lipinski definition) is 2. The topological polar surface area (TPSA) is 24.1 Å². The van der Waals surface area contributed by atoms with Gasteiger partial charge in [0.05, 0.1) is 11.4 Å². The fourth-order valence-electron chi connectivity index (χ4n) is 1.85. The number of hydrogen-bond donors (Lipinski definition) is 2. The van der Waals surface area contributed by atoms with Crippen LogP contribution < -0.4 is 10.6 Å². The molecule has 0 aliphatic carbocycles. The zero-order chi connectivity index (χ0) is 9.31. The Hall–Kier alpha value is -1.18. The van der Waals surface area contributed by atoms with E-state index in [0.29, 0.717) is 0 Å². The van der Waals surface area contributed by atoms with E-state index in [1.165, 1.54) is 11.4 Å². The van der Waals surface area contributed by atoms with Crippen LogP contribution in [0.3, 0.4) is 0 Å². The Morgan fingerprint density at radius 3 is 1.85 bits per heavy atom. The lowest BCUT2D eigenvalue weighted by atomic mass is 10.1. The Bertz CT molecular complexity index is 276. The van der Waals surface area contributed by atoms with Crippen LogP contribution in [0.15, 0.2) is 24.3 Å². The minimum Gasteiger partial charge on any atom is -0.361 e. The molecule has 2 N–H and O–H groups in total. The molecular weight excluding hydrogens is 160 g/mol. The van der Waals surface area contributed by atoms with Crippen molar-refractivity contribution >= 4 is 11.4 Å². The lowest BCUT2D eigenvalue weighted by Gasteiger charge is -2.28. The maximum absolute atomic E-state index is 3.54. The van der Waals surface area contributed by atoms with Crippen molar-refractivity contribution in [1.82, 2.24) is 0 Å². The minimum atomic E-state index is 0.0870. The molecule has 1 aliphatic heterocycles. The summed E-state index contributed by atoms with van der Waals surface area (Å²) in [4.78, 5) is 0. The smallest absolute Gasteiger partial charge is 0.107 e. The number of anilines is 2. The monoisotopic (exact) mass is 176 g/mol. The summed E-state index contributed by atoms with van der Waals surface area (Å²) in [6.07, 6.45) is 2.19. The molecule has 0 amide bonds. The van der Waals surface area contributed by atoms with Crippen LogP contribution in [-0.4, -0.2) is 5.66 Å². The molecule has 0 saturated carbocycles. The highest BCUT2D eigenvalue weighted by Crippen LogP contribution is 2.36. The van der Waals surface area contributed by atoms with E-state index < -0.39 is 0 Å². The number of nitrogens with one attached hydrogen (secondary N) is 2. The van der Waals surface area contributed by atoms with E-state index in [4.69, 9.17) is 0 Å². The van der Waals surface area contributed by atoms with Crippen LogP contribution in [0.1, 0.15) is 26.7 Å².